The van der Waals surface area contributed by atoms with Crippen molar-refractivity contribution in [2.75, 3.05) is 6.61 Å². The Morgan fingerprint density at radius 3 is 2.23 bits per heavy atom. The maximum absolute atomic E-state index is 13.6. The number of imidazole rings is 1. The van der Waals surface area contributed by atoms with Crippen molar-refractivity contribution in [3.63, 3.8) is 0 Å². The fourth-order valence-corrected chi connectivity index (χ4v) is 5.26. The van der Waals surface area contributed by atoms with E-state index in [2.05, 4.69) is 10.3 Å². The van der Waals surface area contributed by atoms with Crippen LogP contribution in [-0.2, 0) is 16.0 Å². The highest BCUT2D eigenvalue weighted by molar-refractivity contribution is 5.82. The van der Waals surface area contributed by atoms with Crippen molar-refractivity contribution in [1.29, 1.82) is 0 Å². The van der Waals surface area contributed by atoms with Gasteiger partial charge in [-0.2, -0.15) is 0 Å². The second-order valence-electron chi connectivity index (χ2n) is 9.41. The molecule has 1 aliphatic carbocycles. The Kier molecular flexibility index (Phi) is 6.28. The highest BCUT2D eigenvalue weighted by Gasteiger charge is 2.30. The first-order valence-corrected chi connectivity index (χ1v) is 12.6. The van der Waals surface area contributed by atoms with Gasteiger partial charge in [0.2, 0.25) is 0 Å². The van der Waals surface area contributed by atoms with E-state index in [1.54, 1.807) is 34.9 Å². The summed E-state index contributed by atoms with van der Waals surface area (Å²) in [5.74, 6) is -1.74. The van der Waals surface area contributed by atoms with Crippen LogP contribution < -0.4 is 5.32 Å². The number of benzene rings is 3. The predicted molar refractivity (Wildman–Crippen MR) is 144 cm³/mol. The molecule has 1 amide bonds. The molecule has 6 rings (SSSR count). The molecule has 0 aliphatic heterocycles. The van der Waals surface area contributed by atoms with Crippen molar-refractivity contribution in [2.24, 2.45) is 0 Å². The Morgan fingerprint density at radius 2 is 1.56 bits per heavy atom. The van der Waals surface area contributed by atoms with E-state index in [1.165, 1.54) is 12.1 Å². The molecule has 194 valence electrons. The van der Waals surface area contributed by atoms with E-state index < -0.39 is 18.1 Å². The van der Waals surface area contributed by atoms with E-state index in [0.717, 1.165) is 22.3 Å². The van der Waals surface area contributed by atoms with Gasteiger partial charge in [0.1, 0.15) is 24.1 Å². The van der Waals surface area contributed by atoms with Gasteiger partial charge in [-0.3, -0.25) is 0 Å². The molecule has 5 aromatic rings. The van der Waals surface area contributed by atoms with E-state index in [4.69, 9.17) is 4.74 Å². The molecule has 0 spiro atoms. The van der Waals surface area contributed by atoms with Crippen molar-refractivity contribution in [3.05, 3.63) is 120 Å². The smallest absolute Gasteiger partial charge is 0.407 e. The van der Waals surface area contributed by atoms with Crippen LogP contribution in [0.5, 0.6) is 0 Å². The number of rotatable bonds is 7. The molecular formula is C31H24FN3O4. The number of aliphatic carboxylic acids is 1. The third kappa shape index (κ3) is 4.61. The van der Waals surface area contributed by atoms with Crippen LogP contribution in [0, 0.1) is 5.82 Å². The summed E-state index contributed by atoms with van der Waals surface area (Å²) in [5, 5.41) is 12.5. The van der Waals surface area contributed by atoms with Gasteiger partial charge in [0.25, 0.3) is 0 Å². The van der Waals surface area contributed by atoms with Crippen LogP contribution in [0.3, 0.4) is 0 Å². The molecule has 2 aromatic heterocycles. The van der Waals surface area contributed by atoms with Crippen LogP contribution in [0.15, 0.2) is 97.2 Å². The molecule has 0 fully saturated rings. The van der Waals surface area contributed by atoms with Crippen molar-refractivity contribution in [2.45, 2.75) is 18.4 Å². The molecule has 1 unspecified atom stereocenters. The largest absolute Gasteiger partial charge is 0.480 e. The number of nitrogens with zero attached hydrogens (tertiary/aromatic N) is 2. The van der Waals surface area contributed by atoms with E-state index in [1.807, 2.05) is 54.6 Å². The first kappa shape index (κ1) is 24.4. The molecule has 1 atom stereocenters. The fourth-order valence-electron chi connectivity index (χ4n) is 5.26. The van der Waals surface area contributed by atoms with Gasteiger partial charge in [-0.25, -0.2) is 19.0 Å². The number of amides is 1. The van der Waals surface area contributed by atoms with Crippen LogP contribution >= 0.6 is 0 Å². The number of carboxylic acid groups (broad SMARTS) is 1. The maximum Gasteiger partial charge on any atom is 0.407 e. The number of alkyl carbamates (subject to hydrolysis) is 1. The standard InChI is InChI=1S/C31H24FN3O4/c32-20-14-12-19(13-15-20)29-27(35-16-6-5-11-28(35)34-29)17-26(30(36)37)33-31(38)39-18-25-23-9-3-1-7-21(23)22-8-2-4-10-24(22)25/h1-16,25-26H,17-18H2,(H,33,38)(H,36,37). The van der Waals surface area contributed by atoms with Crippen LogP contribution in [-0.4, -0.2) is 39.2 Å². The normalized spacial score (nSPS) is 13.1. The highest BCUT2D eigenvalue weighted by atomic mass is 19.1. The third-order valence-corrected chi connectivity index (χ3v) is 7.08. The molecule has 8 heteroatoms. The SMILES string of the molecule is O=C(NC(Cc1c(-c2ccc(F)cc2)nc2ccccn12)C(=O)O)OCC1c2ccccc2-c2ccccc21. The van der Waals surface area contributed by atoms with Crippen molar-refractivity contribution in [1.82, 2.24) is 14.7 Å². The molecule has 3 aromatic carbocycles. The van der Waals surface area contributed by atoms with E-state index >= 15 is 0 Å². The summed E-state index contributed by atoms with van der Waals surface area (Å²) in [6.45, 7) is 0.0721. The second kappa shape index (κ2) is 10.1. The Hall–Kier alpha value is -4.98. The molecule has 0 saturated carbocycles. The lowest BCUT2D eigenvalue weighted by Gasteiger charge is -2.18. The number of carbonyl (C=O) groups is 2. The van der Waals surface area contributed by atoms with Crippen LogP contribution in [0.1, 0.15) is 22.7 Å². The number of hydrogen-bond donors (Lipinski definition) is 2. The van der Waals surface area contributed by atoms with Crippen LogP contribution in [0.25, 0.3) is 28.0 Å². The second-order valence-corrected chi connectivity index (χ2v) is 9.41. The zero-order chi connectivity index (χ0) is 26.9. The molecule has 2 N–H and O–H groups in total. The minimum absolute atomic E-state index is 0.0581. The summed E-state index contributed by atoms with van der Waals surface area (Å²) in [6, 6.07) is 26.0. The Balaban J connectivity index is 1.22. The molecule has 0 saturated heterocycles. The average molecular weight is 522 g/mol. The number of ether oxygens (including phenoxy) is 1. The Labute approximate surface area is 223 Å². The molecule has 39 heavy (non-hydrogen) atoms. The van der Waals surface area contributed by atoms with Gasteiger partial charge in [0.15, 0.2) is 0 Å². The van der Waals surface area contributed by atoms with Gasteiger partial charge < -0.3 is 19.6 Å². The number of carbonyl (C=O) groups excluding carboxylic acids is 1. The number of fused-ring (bicyclic) bond motifs is 4. The first-order chi connectivity index (χ1) is 19.0. The summed E-state index contributed by atoms with van der Waals surface area (Å²) >= 11 is 0. The monoisotopic (exact) mass is 521 g/mol. The van der Waals surface area contributed by atoms with E-state index in [0.29, 0.717) is 22.6 Å². The van der Waals surface area contributed by atoms with Gasteiger partial charge in [0, 0.05) is 24.1 Å². The maximum atomic E-state index is 13.6. The lowest BCUT2D eigenvalue weighted by atomic mass is 9.98. The summed E-state index contributed by atoms with van der Waals surface area (Å²) in [7, 11) is 0. The first-order valence-electron chi connectivity index (χ1n) is 12.6. The Bertz CT molecular complexity index is 1650. The minimum atomic E-state index is -1.28. The van der Waals surface area contributed by atoms with E-state index in [9.17, 15) is 19.1 Å². The van der Waals surface area contributed by atoms with Gasteiger partial charge in [-0.15, -0.1) is 0 Å². The number of hydrogen-bond acceptors (Lipinski definition) is 4. The van der Waals surface area contributed by atoms with Gasteiger partial charge in [-0.1, -0.05) is 54.6 Å². The molecule has 0 bridgehead atoms. The summed E-state index contributed by atoms with van der Waals surface area (Å²) in [6.07, 6.45) is 0.898. The molecule has 1 aliphatic rings. The van der Waals surface area contributed by atoms with Gasteiger partial charge in [-0.05, 0) is 58.7 Å². The number of nitrogens with one attached hydrogen (secondary N) is 1. The predicted octanol–water partition coefficient (Wildman–Crippen LogP) is 5.67. The van der Waals surface area contributed by atoms with Crippen molar-refractivity contribution < 1.29 is 23.8 Å². The van der Waals surface area contributed by atoms with Crippen LogP contribution in [0.4, 0.5) is 9.18 Å². The van der Waals surface area contributed by atoms with Gasteiger partial charge >= 0.3 is 12.1 Å². The fraction of sp³-hybridized carbons (Fsp3) is 0.129. The zero-order valence-corrected chi connectivity index (χ0v) is 20.8. The lowest BCUT2D eigenvalue weighted by molar-refractivity contribution is -0.139. The Morgan fingerprint density at radius 1 is 0.923 bits per heavy atom. The van der Waals surface area contributed by atoms with E-state index in [-0.39, 0.29) is 24.8 Å². The summed E-state index contributed by atoms with van der Waals surface area (Å²) in [5.41, 5.74) is 6.67. The van der Waals surface area contributed by atoms with Gasteiger partial charge in [0.05, 0.1) is 11.4 Å². The number of halogens is 1. The zero-order valence-electron chi connectivity index (χ0n) is 20.8. The summed E-state index contributed by atoms with van der Waals surface area (Å²) in [4.78, 5) is 29.7. The third-order valence-electron chi connectivity index (χ3n) is 7.08. The molecule has 2 heterocycles. The topological polar surface area (TPSA) is 92.9 Å². The highest BCUT2D eigenvalue weighted by Crippen LogP contribution is 2.44. The molecule has 7 nitrogen and oxygen atoms in total. The molecular weight excluding hydrogens is 497 g/mol. The van der Waals surface area contributed by atoms with Crippen LogP contribution in [0.2, 0.25) is 0 Å². The summed E-state index contributed by atoms with van der Waals surface area (Å²) < 4.78 is 20.9. The number of pyridine rings is 1. The average Bonchev–Trinajstić information content (AvgIpc) is 3.47. The minimum Gasteiger partial charge on any atom is -0.480 e. The number of carboxylic acids is 1. The number of aromatic nitrogens is 2. The molecule has 0 radical (unpaired) electrons. The quantitative estimate of drug-likeness (QED) is 0.288. The lowest BCUT2D eigenvalue weighted by Crippen LogP contribution is -2.43. The van der Waals surface area contributed by atoms with Crippen molar-refractivity contribution in [3.8, 4) is 22.4 Å². The van der Waals surface area contributed by atoms with Crippen molar-refractivity contribution >= 4 is 17.7 Å².